The zero-order valence-corrected chi connectivity index (χ0v) is 16.7. The van der Waals surface area contributed by atoms with Gasteiger partial charge in [-0.25, -0.2) is 4.79 Å². The predicted molar refractivity (Wildman–Crippen MR) is 105 cm³/mol. The molecule has 0 saturated carbocycles. The molecule has 0 heterocycles. The third-order valence-corrected chi connectivity index (χ3v) is 3.68. The Kier molecular flexibility index (Phi) is 10.3. The van der Waals surface area contributed by atoms with Gasteiger partial charge in [0.2, 0.25) is 0 Å². The Morgan fingerprint density at radius 2 is 1.74 bits per heavy atom. The Labute approximate surface area is 160 Å². The highest BCUT2D eigenvalue weighted by Gasteiger charge is 2.16. The second-order valence-corrected chi connectivity index (χ2v) is 5.73. The van der Waals surface area contributed by atoms with Crippen molar-refractivity contribution in [3.8, 4) is 0 Å². The summed E-state index contributed by atoms with van der Waals surface area (Å²) >= 11 is 0. The summed E-state index contributed by atoms with van der Waals surface area (Å²) < 4.78 is 9.82. The molecule has 27 heavy (non-hydrogen) atoms. The summed E-state index contributed by atoms with van der Waals surface area (Å²) in [4.78, 5) is 22.7. The van der Waals surface area contributed by atoms with Gasteiger partial charge in [0.05, 0.1) is 20.5 Å². The lowest BCUT2D eigenvalue weighted by Gasteiger charge is -2.11. The van der Waals surface area contributed by atoms with E-state index in [1.807, 2.05) is 18.2 Å². The summed E-state index contributed by atoms with van der Waals surface area (Å²) in [6.45, 7) is 6.44. The van der Waals surface area contributed by atoms with Gasteiger partial charge >= 0.3 is 5.97 Å². The van der Waals surface area contributed by atoms with Gasteiger partial charge in [-0.1, -0.05) is 47.9 Å². The van der Waals surface area contributed by atoms with Crippen molar-refractivity contribution < 1.29 is 23.9 Å². The fourth-order valence-corrected chi connectivity index (χ4v) is 2.04. The Bertz CT molecular complexity index is 695. The maximum Gasteiger partial charge on any atom is 0.341 e. The number of hydrogen-bond acceptors (Lipinski definition) is 7. The minimum atomic E-state index is -0.490. The van der Waals surface area contributed by atoms with Crippen molar-refractivity contribution in [1.29, 1.82) is 0 Å². The van der Waals surface area contributed by atoms with E-state index in [1.165, 1.54) is 20.5 Å². The predicted octanol–water partition coefficient (Wildman–Crippen LogP) is 3.93. The van der Waals surface area contributed by atoms with E-state index in [-0.39, 0.29) is 6.61 Å². The van der Waals surface area contributed by atoms with Crippen LogP contribution >= 0.6 is 0 Å². The van der Waals surface area contributed by atoms with Crippen LogP contribution in [-0.4, -0.2) is 38.2 Å². The van der Waals surface area contributed by atoms with Crippen molar-refractivity contribution in [3.63, 3.8) is 0 Å². The van der Waals surface area contributed by atoms with E-state index in [9.17, 15) is 4.79 Å². The first kappa shape index (κ1) is 22.2. The van der Waals surface area contributed by atoms with E-state index < -0.39 is 5.97 Å². The van der Waals surface area contributed by atoms with Crippen LogP contribution in [0, 0.1) is 0 Å². The lowest BCUT2D eigenvalue weighted by molar-refractivity contribution is -0.133. The molecular weight excluding hydrogens is 348 g/mol. The fourth-order valence-electron chi connectivity index (χ4n) is 2.04. The highest BCUT2D eigenvalue weighted by Crippen LogP contribution is 2.21. The van der Waals surface area contributed by atoms with Crippen LogP contribution in [0.4, 0.5) is 0 Å². The molecule has 1 rings (SSSR count). The van der Waals surface area contributed by atoms with Gasteiger partial charge in [0, 0.05) is 5.56 Å². The largest absolute Gasteiger partial charge is 0.503 e. The van der Waals surface area contributed by atoms with Crippen molar-refractivity contribution in [2.45, 2.75) is 40.2 Å². The minimum absolute atomic E-state index is 0.176. The molecule has 148 valence electrons. The number of rotatable bonds is 11. The monoisotopic (exact) mass is 376 g/mol. The number of carbonyl (C=O) groups excluding carboxylic acids is 1. The maximum atomic E-state index is 12.0. The maximum absolute atomic E-state index is 12.0. The van der Waals surface area contributed by atoms with Crippen LogP contribution < -0.4 is 0 Å². The van der Waals surface area contributed by atoms with E-state index >= 15 is 0 Å². The van der Waals surface area contributed by atoms with Gasteiger partial charge in [0.15, 0.2) is 0 Å². The van der Waals surface area contributed by atoms with Crippen molar-refractivity contribution >= 4 is 23.0 Å². The van der Waals surface area contributed by atoms with Crippen LogP contribution in [0.3, 0.4) is 0 Å². The molecule has 0 fully saturated rings. The normalized spacial score (nSPS) is 12.6. The topological polar surface area (TPSA) is 78.7 Å². The quantitative estimate of drug-likeness (QED) is 0.146. The molecule has 0 aromatic heterocycles. The van der Waals surface area contributed by atoms with Crippen molar-refractivity contribution in [2.24, 2.45) is 10.3 Å². The van der Waals surface area contributed by atoms with E-state index in [4.69, 9.17) is 19.1 Å². The average Bonchev–Trinajstić information content (AvgIpc) is 2.69. The Morgan fingerprint density at radius 1 is 1.07 bits per heavy atom. The molecule has 7 nitrogen and oxygen atoms in total. The standard InChI is InChI=1S/C20H28N2O5/c1-6-7-12-26-21-15(2)16(3)22-27-13-17-10-8-9-11-18(17)19(14-24-4)20(23)25-5/h8-11,14H,6-7,12-13H2,1-5H3/b19-14+,21-15+,22-16+. The van der Waals surface area contributed by atoms with E-state index in [1.54, 1.807) is 19.9 Å². The molecule has 0 radical (unpaired) electrons. The highest BCUT2D eigenvalue weighted by molar-refractivity contribution is 6.40. The Balaban J connectivity index is 2.83. The summed E-state index contributed by atoms with van der Waals surface area (Å²) in [7, 11) is 2.80. The molecule has 0 saturated heterocycles. The number of hydrogen-bond donors (Lipinski definition) is 0. The zero-order chi connectivity index (χ0) is 20.1. The molecule has 7 heteroatoms. The number of ether oxygens (including phenoxy) is 2. The van der Waals surface area contributed by atoms with Crippen LogP contribution in [0.25, 0.3) is 5.57 Å². The number of nitrogens with zero attached hydrogens (tertiary/aromatic N) is 2. The van der Waals surface area contributed by atoms with Crippen LogP contribution in [0.2, 0.25) is 0 Å². The average molecular weight is 376 g/mol. The first-order valence-electron chi connectivity index (χ1n) is 8.78. The van der Waals surface area contributed by atoms with Crippen molar-refractivity contribution in [2.75, 3.05) is 20.8 Å². The Hall–Kier alpha value is -2.83. The van der Waals surface area contributed by atoms with Gasteiger partial charge in [-0.05, 0) is 25.8 Å². The van der Waals surface area contributed by atoms with Crippen molar-refractivity contribution in [1.82, 2.24) is 0 Å². The van der Waals surface area contributed by atoms with E-state index in [0.29, 0.717) is 29.2 Å². The summed E-state index contributed by atoms with van der Waals surface area (Å²) in [5.74, 6) is -0.490. The van der Waals surface area contributed by atoms with Gasteiger partial charge in [0.1, 0.15) is 30.2 Å². The summed E-state index contributed by atoms with van der Waals surface area (Å²) in [6.07, 6.45) is 3.36. The second-order valence-electron chi connectivity index (χ2n) is 5.73. The van der Waals surface area contributed by atoms with Crippen molar-refractivity contribution in [3.05, 3.63) is 41.7 Å². The summed E-state index contributed by atoms with van der Waals surface area (Å²) in [5.41, 5.74) is 3.00. The van der Waals surface area contributed by atoms with Gasteiger partial charge in [-0.2, -0.15) is 0 Å². The van der Waals surface area contributed by atoms with Crippen LogP contribution in [0.15, 0.2) is 40.8 Å². The molecule has 0 unspecified atom stereocenters. The first-order chi connectivity index (χ1) is 13.0. The third-order valence-electron chi connectivity index (χ3n) is 3.68. The van der Waals surface area contributed by atoms with Crippen LogP contribution in [-0.2, 0) is 30.6 Å². The van der Waals surface area contributed by atoms with Gasteiger partial charge in [-0.15, -0.1) is 0 Å². The third kappa shape index (κ3) is 7.52. The molecule has 0 atom stereocenters. The smallest absolute Gasteiger partial charge is 0.341 e. The number of benzene rings is 1. The van der Waals surface area contributed by atoms with Crippen LogP contribution in [0.5, 0.6) is 0 Å². The van der Waals surface area contributed by atoms with E-state index in [0.717, 1.165) is 18.4 Å². The molecule has 1 aromatic rings. The molecule has 0 aliphatic rings. The lowest BCUT2D eigenvalue weighted by Crippen LogP contribution is -2.09. The molecule has 1 aromatic carbocycles. The Morgan fingerprint density at radius 3 is 2.37 bits per heavy atom. The molecule has 0 spiro atoms. The lowest BCUT2D eigenvalue weighted by atomic mass is 10.0. The molecule has 0 aliphatic carbocycles. The molecule has 0 N–H and O–H groups in total. The number of carbonyl (C=O) groups is 1. The minimum Gasteiger partial charge on any atom is -0.503 e. The molecular formula is C20H28N2O5. The molecule has 0 amide bonds. The SMILES string of the molecule is CCCCO/N=C(C)/C(C)=N/OCc1ccccc1/C(=C\OC)C(=O)OC. The molecule has 0 aliphatic heterocycles. The summed E-state index contributed by atoms with van der Waals surface area (Å²) in [5, 5.41) is 8.08. The first-order valence-corrected chi connectivity index (χ1v) is 8.78. The molecule has 0 bridgehead atoms. The number of esters is 1. The van der Waals surface area contributed by atoms with Gasteiger partial charge in [0.25, 0.3) is 0 Å². The van der Waals surface area contributed by atoms with Gasteiger partial charge < -0.3 is 19.1 Å². The number of oxime groups is 2. The zero-order valence-electron chi connectivity index (χ0n) is 16.7. The fraction of sp³-hybridized carbons (Fsp3) is 0.450. The summed E-state index contributed by atoms with van der Waals surface area (Å²) in [6, 6.07) is 7.33. The highest BCUT2D eigenvalue weighted by atomic mass is 16.6. The van der Waals surface area contributed by atoms with Crippen LogP contribution in [0.1, 0.15) is 44.7 Å². The van der Waals surface area contributed by atoms with Gasteiger partial charge in [-0.3, -0.25) is 0 Å². The number of unbranched alkanes of at least 4 members (excludes halogenated alkanes) is 1. The number of methoxy groups -OCH3 is 2. The second kappa shape index (κ2) is 12.5. The van der Waals surface area contributed by atoms with E-state index in [2.05, 4.69) is 17.2 Å².